The zero-order chi connectivity index (χ0) is 23.9. The van der Waals surface area contributed by atoms with E-state index >= 15 is 0 Å². The van der Waals surface area contributed by atoms with Crippen LogP contribution in [0.15, 0.2) is 36.7 Å². The molecule has 0 bridgehead atoms. The first kappa shape index (κ1) is 22.7. The molecule has 2 atom stereocenters. The minimum atomic E-state index is -3.43. The lowest BCUT2D eigenvalue weighted by Gasteiger charge is -2.19. The van der Waals surface area contributed by atoms with Crippen molar-refractivity contribution in [3.05, 3.63) is 75.9 Å². The van der Waals surface area contributed by atoms with Gasteiger partial charge in [0.25, 0.3) is 5.92 Å². The van der Waals surface area contributed by atoms with Gasteiger partial charge in [-0.3, -0.25) is 0 Å². The molecule has 9 heteroatoms. The Hall–Kier alpha value is -3.51. The molecule has 3 aromatic rings. The van der Waals surface area contributed by atoms with Crippen LogP contribution in [0.3, 0.4) is 0 Å². The summed E-state index contributed by atoms with van der Waals surface area (Å²) in [7, 11) is 0. The molecule has 1 aliphatic carbocycles. The molecule has 2 aromatic carbocycles. The summed E-state index contributed by atoms with van der Waals surface area (Å²) in [4.78, 5) is 0. The fourth-order valence-corrected chi connectivity index (χ4v) is 4.38. The van der Waals surface area contributed by atoms with Gasteiger partial charge in [-0.1, -0.05) is 19.1 Å². The minimum Gasteiger partial charge on any atom is -0.397 e. The maximum Gasteiger partial charge on any atom is 0.281 e. The third kappa shape index (κ3) is 3.91. The Balaban J connectivity index is 1.91. The maximum absolute atomic E-state index is 14.7. The van der Waals surface area contributed by atoms with Gasteiger partial charge < -0.3 is 10.8 Å². The Kier molecular flexibility index (Phi) is 5.80. The van der Waals surface area contributed by atoms with Crippen LogP contribution in [0.1, 0.15) is 59.0 Å². The van der Waals surface area contributed by atoms with Gasteiger partial charge in [-0.15, -0.1) is 0 Å². The van der Waals surface area contributed by atoms with Crippen molar-refractivity contribution in [3.8, 4) is 17.2 Å². The van der Waals surface area contributed by atoms with Crippen molar-refractivity contribution in [1.29, 1.82) is 5.26 Å². The van der Waals surface area contributed by atoms with Crippen molar-refractivity contribution >= 4 is 5.69 Å². The van der Waals surface area contributed by atoms with Crippen molar-refractivity contribution < 1.29 is 22.7 Å². The number of aliphatic hydroxyl groups excluding tert-OH is 1. The van der Waals surface area contributed by atoms with Gasteiger partial charge >= 0.3 is 0 Å². The number of nitrogens with zero attached hydrogens (tertiary/aromatic N) is 3. The van der Waals surface area contributed by atoms with E-state index in [9.17, 15) is 27.9 Å². The summed E-state index contributed by atoms with van der Waals surface area (Å²) in [5.74, 6) is -4.18. The number of nitrogen functional groups attached to an aromatic ring is 1. The second kappa shape index (κ2) is 8.45. The zero-order valence-electron chi connectivity index (χ0n) is 17.6. The molecule has 33 heavy (non-hydrogen) atoms. The van der Waals surface area contributed by atoms with Crippen LogP contribution in [-0.4, -0.2) is 21.2 Å². The molecule has 1 heterocycles. The molecule has 170 valence electrons. The highest BCUT2D eigenvalue weighted by atomic mass is 19.3. The Morgan fingerprint density at radius 2 is 1.97 bits per heavy atom. The molecule has 3 N–H and O–H groups in total. The normalized spacial score (nSPS) is 17.4. The van der Waals surface area contributed by atoms with Gasteiger partial charge in [0.15, 0.2) is 0 Å². The molecule has 5 nitrogen and oxygen atoms in total. The lowest BCUT2D eigenvalue weighted by Crippen LogP contribution is -2.21. The number of halogens is 4. The Morgan fingerprint density at radius 1 is 1.24 bits per heavy atom. The number of anilines is 1. The van der Waals surface area contributed by atoms with Crippen LogP contribution in [0, 0.1) is 17.1 Å². The number of benzene rings is 2. The van der Waals surface area contributed by atoms with Gasteiger partial charge in [0.2, 0.25) is 0 Å². The molecule has 0 fully saturated rings. The molecule has 0 radical (unpaired) electrons. The first-order valence-corrected chi connectivity index (χ1v) is 10.3. The topological polar surface area (TPSA) is 95.8 Å². The fourth-order valence-electron chi connectivity index (χ4n) is 4.38. The van der Waals surface area contributed by atoms with Crippen LogP contribution in [-0.2, 0) is 12.8 Å². The molecule has 0 spiro atoms. The summed E-state index contributed by atoms with van der Waals surface area (Å²) in [5.41, 5.74) is 7.57. The first-order valence-electron chi connectivity index (χ1n) is 10.3. The van der Waals surface area contributed by atoms with Crippen molar-refractivity contribution in [1.82, 2.24) is 10.2 Å². The molecule has 2 unspecified atom stereocenters. The number of hydrogen-bond acceptors (Lipinski definition) is 5. The van der Waals surface area contributed by atoms with Crippen molar-refractivity contribution in [2.75, 3.05) is 5.73 Å². The number of nitrogens with two attached hydrogens (primary N) is 1. The van der Waals surface area contributed by atoms with E-state index in [2.05, 4.69) is 10.2 Å². The number of aliphatic hydroxyl groups is 1. The largest absolute Gasteiger partial charge is 0.397 e. The minimum absolute atomic E-state index is 0.00617. The monoisotopic (exact) mass is 456 g/mol. The summed E-state index contributed by atoms with van der Waals surface area (Å²) < 4.78 is 57.9. The SMILES string of the molecule is CCC(F)c1cc(F)cc(C#N)c1Cc1ccc(-c2cnncc2N)c2c1CC(F)(F)C2O. The van der Waals surface area contributed by atoms with Crippen molar-refractivity contribution in [2.45, 2.75) is 44.4 Å². The number of alkyl halides is 3. The van der Waals surface area contributed by atoms with E-state index in [1.807, 2.05) is 6.07 Å². The lowest BCUT2D eigenvalue weighted by atomic mass is 9.87. The second-order valence-electron chi connectivity index (χ2n) is 8.05. The average molecular weight is 456 g/mol. The van der Waals surface area contributed by atoms with Gasteiger partial charge in [0.05, 0.1) is 29.7 Å². The molecular weight excluding hydrogens is 436 g/mol. The summed E-state index contributed by atoms with van der Waals surface area (Å²) >= 11 is 0. The predicted molar refractivity (Wildman–Crippen MR) is 114 cm³/mol. The molecule has 1 aromatic heterocycles. The van der Waals surface area contributed by atoms with Crippen LogP contribution in [0.5, 0.6) is 0 Å². The number of nitriles is 1. The van der Waals surface area contributed by atoms with Crippen LogP contribution in [0.2, 0.25) is 0 Å². The third-order valence-electron chi connectivity index (χ3n) is 6.02. The maximum atomic E-state index is 14.7. The van der Waals surface area contributed by atoms with Crippen LogP contribution in [0.4, 0.5) is 23.2 Å². The quantitative estimate of drug-likeness (QED) is 0.529. The molecule has 0 amide bonds. The highest BCUT2D eigenvalue weighted by molar-refractivity contribution is 5.79. The fraction of sp³-hybridized carbons (Fsp3) is 0.292. The van der Waals surface area contributed by atoms with E-state index in [1.165, 1.54) is 18.5 Å². The van der Waals surface area contributed by atoms with Crippen molar-refractivity contribution in [2.24, 2.45) is 0 Å². The molecule has 0 saturated carbocycles. The Labute approximate surface area is 187 Å². The van der Waals surface area contributed by atoms with Gasteiger partial charge in [0.1, 0.15) is 18.1 Å². The average Bonchev–Trinajstić information content (AvgIpc) is 3.04. The van der Waals surface area contributed by atoms with E-state index in [4.69, 9.17) is 5.73 Å². The van der Waals surface area contributed by atoms with E-state index in [1.54, 1.807) is 13.0 Å². The summed E-state index contributed by atoms with van der Waals surface area (Å²) in [6.45, 7) is 1.59. The third-order valence-corrected chi connectivity index (χ3v) is 6.02. The molecule has 4 rings (SSSR count). The summed E-state index contributed by atoms with van der Waals surface area (Å²) in [6.07, 6.45) is -1.75. The van der Waals surface area contributed by atoms with E-state index in [0.29, 0.717) is 16.7 Å². The zero-order valence-corrected chi connectivity index (χ0v) is 17.6. The van der Waals surface area contributed by atoms with Crippen LogP contribution in [0.25, 0.3) is 11.1 Å². The highest BCUT2D eigenvalue weighted by Gasteiger charge is 2.49. The van der Waals surface area contributed by atoms with Gasteiger partial charge in [-0.2, -0.15) is 15.5 Å². The summed E-state index contributed by atoms with van der Waals surface area (Å²) in [5, 5.41) is 27.4. The van der Waals surface area contributed by atoms with Gasteiger partial charge in [-0.25, -0.2) is 17.6 Å². The molecule has 0 saturated heterocycles. The smallest absolute Gasteiger partial charge is 0.281 e. The van der Waals surface area contributed by atoms with E-state index < -0.39 is 30.4 Å². The predicted octanol–water partition coefficient (Wildman–Crippen LogP) is 4.97. The van der Waals surface area contributed by atoms with Gasteiger partial charge in [0, 0.05) is 12.0 Å². The highest BCUT2D eigenvalue weighted by Crippen LogP contribution is 2.49. The Morgan fingerprint density at radius 3 is 2.64 bits per heavy atom. The standard InChI is InChI=1S/C24H20F4N4O/c1-2-20(26)17-7-14(25)5-13(9-29)16(17)6-12-3-4-15(19-10-31-32-11-21(19)30)22-18(12)8-24(27,28)23(22)33/h3-5,7,10-11,20,23,33H,2,6,8H2,1H3,(H2,30,31). The summed E-state index contributed by atoms with van der Waals surface area (Å²) in [6, 6.07) is 7.03. The number of hydrogen-bond donors (Lipinski definition) is 2. The number of rotatable bonds is 5. The van der Waals surface area contributed by atoms with Crippen molar-refractivity contribution in [3.63, 3.8) is 0 Å². The van der Waals surface area contributed by atoms with Gasteiger partial charge in [-0.05, 0) is 58.4 Å². The van der Waals surface area contributed by atoms with E-state index in [-0.39, 0.29) is 46.3 Å². The second-order valence-corrected chi connectivity index (χ2v) is 8.05. The Bertz CT molecular complexity index is 1270. The molecule has 0 aliphatic heterocycles. The van der Waals surface area contributed by atoms with E-state index in [0.717, 1.165) is 12.1 Å². The molecular formula is C24H20F4N4O. The van der Waals surface area contributed by atoms with Crippen LogP contribution >= 0.6 is 0 Å². The van der Waals surface area contributed by atoms with Crippen LogP contribution < -0.4 is 5.73 Å². The lowest BCUT2D eigenvalue weighted by molar-refractivity contribution is -0.0966. The number of fused-ring (bicyclic) bond motifs is 1. The molecule has 1 aliphatic rings. The first-order chi connectivity index (χ1) is 15.7. The number of aromatic nitrogens is 2.